The highest BCUT2D eigenvalue weighted by atomic mass is 32.1. The summed E-state index contributed by atoms with van der Waals surface area (Å²) in [6, 6.07) is 5.36. The van der Waals surface area contributed by atoms with E-state index in [2.05, 4.69) is 20.1 Å². The van der Waals surface area contributed by atoms with Crippen molar-refractivity contribution in [3.63, 3.8) is 0 Å². The highest BCUT2D eigenvalue weighted by Gasteiger charge is 2.27. The third kappa shape index (κ3) is 2.17. The highest BCUT2D eigenvalue weighted by Crippen LogP contribution is 2.28. The molecule has 0 fully saturated rings. The standard InChI is InChI=1S/C12H12N4O2S/c1-7-13-9-4-3-8(5-11(9)19-7)16-6-10(14-15-16)12(17)18-2/h3-5,10H,6H2,1-2H3. The molecule has 0 amide bonds. The van der Waals surface area contributed by atoms with Gasteiger partial charge in [0.15, 0.2) is 6.04 Å². The van der Waals surface area contributed by atoms with Gasteiger partial charge >= 0.3 is 5.97 Å². The summed E-state index contributed by atoms with van der Waals surface area (Å²) in [7, 11) is 1.35. The molecule has 0 aliphatic carbocycles. The molecule has 0 saturated carbocycles. The third-order valence-electron chi connectivity index (χ3n) is 2.90. The number of anilines is 1. The van der Waals surface area contributed by atoms with E-state index in [9.17, 15) is 4.79 Å². The van der Waals surface area contributed by atoms with Crippen LogP contribution in [0.15, 0.2) is 28.5 Å². The van der Waals surface area contributed by atoms with E-state index in [1.54, 1.807) is 16.3 Å². The van der Waals surface area contributed by atoms with Gasteiger partial charge in [0.2, 0.25) is 0 Å². The Morgan fingerprint density at radius 2 is 2.37 bits per heavy atom. The summed E-state index contributed by atoms with van der Waals surface area (Å²) in [5, 5.41) is 10.7. The van der Waals surface area contributed by atoms with Gasteiger partial charge in [-0.3, -0.25) is 0 Å². The van der Waals surface area contributed by atoms with Gasteiger partial charge in [-0.2, -0.15) is 5.11 Å². The topological polar surface area (TPSA) is 67.2 Å². The van der Waals surface area contributed by atoms with Crippen molar-refractivity contribution in [2.45, 2.75) is 13.0 Å². The summed E-state index contributed by atoms with van der Waals surface area (Å²) in [5.74, 6) is -0.360. The fourth-order valence-corrected chi connectivity index (χ4v) is 2.83. The lowest BCUT2D eigenvalue weighted by atomic mass is 10.2. The van der Waals surface area contributed by atoms with Crippen LogP contribution in [0.2, 0.25) is 0 Å². The van der Waals surface area contributed by atoms with Crippen molar-refractivity contribution in [3.8, 4) is 0 Å². The summed E-state index contributed by atoms with van der Waals surface area (Å²) in [6.45, 7) is 2.39. The number of carbonyl (C=O) groups excluding carboxylic acids is 1. The zero-order valence-electron chi connectivity index (χ0n) is 10.5. The average molecular weight is 276 g/mol. The monoisotopic (exact) mass is 276 g/mol. The predicted molar refractivity (Wildman–Crippen MR) is 72.4 cm³/mol. The molecule has 1 aliphatic heterocycles. The summed E-state index contributed by atoms with van der Waals surface area (Å²) >= 11 is 1.64. The van der Waals surface area contributed by atoms with Gasteiger partial charge in [-0.05, 0) is 25.1 Å². The minimum Gasteiger partial charge on any atom is -0.467 e. The quantitative estimate of drug-likeness (QED) is 0.789. The van der Waals surface area contributed by atoms with Crippen molar-refractivity contribution in [1.82, 2.24) is 4.98 Å². The van der Waals surface area contributed by atoms with Gasteiger partial charge in [-0.15, -0.1) is 11.3 Å². The van der Waals surface area contributed by atoms with E-state index in [0.29, 0.717) is 6.54 Å². The zero-order chi connectivity index (χ0) is 13.4. The van der Waals surface area contributed by atoms with Gasteiger partial charge in [-0.25, -0.2) is 14.8 Å². The number of esters is 1. The molecule has 98 valence electrons. The Bertz CT molecular complexity index is 667. The van der Waals surface area contributed by atoms with Gasteiger partial charge < -0.3 is 4.74 Å². The number of ether oxygens (including phenoxy) is 1. The summed E-state index contributed by atoms with van der Waals surface area (Å²) in [4.78, 5) is 15.8. The van der Waals surface area contributed by atoms with Crippen LogP contribution in [0.1, 0.15) is 5.01 Å². The number of hydrogen-bond donors (Lipinski definition) is 0. The lowest BCUT2D eigenvalue weighted by Crippen LogP contribution is -2.27. The Morgan fingerprint density at radius 3 is 3.16 bits per heavy atom. The van der Waals surface area contributed by atoms with Crippen molar-refractivity contribution in [3.05, 3.63) is 23.2 Å². The number of methoxy groups -OCH3 is 1. The molecule has 2 aromatic rings. The van der Waals surface area contributed by atoms with Crippen LogP contribution in [-0.4, -0.2) is 30.6 Å². The molecule has 1 aromatic carbocycles. The predicted octanol–water partition coefficient (Wildman–Crippen LogP) is 2.33. The molecular formula is C12H12N4O2S. The van der Waals surface area contributed by atoms with Crippen LogP contribution in [0, 0.1) is 6.92 Å². The first kappa shape index (κ1) is 12.0. The number of carbonyl (C=O) groups is 1. The van der Waals surface area contributed by atoms with Crippen LogP contribution in [0.5, 0.6) is 0 Å². The van der Waals surface area contributed by atoms with Gasteiger partial charge in [0, 0.05) is 0 Å². The summed E-state index contributed by atoms with van der Waals surface area (Å²) < 4.78 is 5.77. The second-order valence-electron chi connectivity index (χ2n) is 4.21. The number of aromatic nitrogens is 1. The number of benzene rings is 1. The lowest BCUT2D eigenvalue weighted by molar-refractivity contribution is -0.141. The van der Waals surface area contributed by atoms with Crippen LogP contribution in [-0.2, 0) is 9.53 Å². The number of rotatable bonds is 2. The fraction of sp³-hybridized carbons (Fsp3) is 0.333. The van der Waals surface area contributed by atoms with E-state index < -0.39 is 6.04 Å². The molecule has 0 saturated heterocycles. The minimum atomic E-state index is -0.538. The first-order valence-corrected chi connectivity index (χ1v) is 6.62. The smallest absolute Gasteiger partial charge is 0.334 e. The number of nitrogens with zero attached hydrogens (tertiary/aromatic N) is 4. The van der Waals surface area contributed by atoms with E-state index in [4.69, 9.17) is 0 Å². The molecule has 1 atom stereocenters. The van der Waals surface area contributed by atoms with E-state index >= 15 is 0 Å². The average Bonchev–Trinajstić information content (AvgIpc) is 3.01. The highest BCUT2D eigenvalue weighted by molar-refractivity contribution is 7.18. The molecule has 6 nitrogen and oxygen atoms in total. The Labute approximate surface area is 113 Å². The van der Waals surface area contributed by atoms with Gasteiger partial charge in [0.05, 0.1) is 34.6 Å². The van der Waals surface area contributed by atoms with Crippen LogP contribution >= 0.6 is 11.3 Å². The van der Waals surface area contributed by atoms with E-state index in [0.717, 1.165) is 20.9 Å². The molecule has 19 heavy (non-hydrogen) atoms. The van der Waals surface area contributed by atoms with Crippen LogP contribution in [0.4, 0.5) is 5.69 Å². The maximum absolute atomic E-state index is 11.4. The van der Waals surface area contributed by atoms with E-state index in [1.165, 1.54) is 7.11 Å². The molecule has 3 rings (SSSR count). The number of aryl methyl sites for hydroxylation is 1. The molecule has 1 unspecified atom stereocenters. The van der Waals surface area contributed by atoms with Crippen molar-refractivity contribution in [2.24, 2.45) is 10.3 Å². The Kier molecular flexibility index (Phi) is 2.90. The SMILES string of the molecule is COC(=O)C1CN(c2ccc3nc(C)sc3c2)N=N1. The van der Waals surface area contributed by atoms with Crippen molar-refractivity contribution < 1.29 is 9.53 Å². The Hall–Kier alpha value is -2.02. The summed E-state index contributed by atoms with van der Waals surface area (Å²) in [5.41, 5.74) is 1.89. The molecule has 0 radical (unpaired) electrons. The van der Waals surface area contributed by atoms with Gasteiger partial charge in [0.1, 0.15) is 0 Å². The molecule has 2 heterocycles. The molecule has 0 N–H and O–H groups in total. The van der Waals surface area contributed by atoms with Gasteiger partial charge in [-0.1, -0.05) is 5.22 Å². The Morgan fingerprint density at radius 1 is 1.53 bits per heavy atom. The van der Waals surface area contributed by atoms with Crippen molar-refractivity contribution in [1.29, 1.82) is 0 Å². The van der Waals surface area contributed by atoms with E-state index in [-0.39, 0.29) is 5.97 Å². The van der Waals surface area contributed by atoms with Crippen LogP contribution < -0.4 is 5.01 Å². The third-order valence-corrected chi connectivity index (χ3v) is 3.83. The molecule has 0 bridgehead atoms. The second kappa shape index (κ2) is 4.58. The first-order valence-electron chi connectivity index (χ1n) is 5.80. The maximum Gasteiger partial charge on any atom is 0.334 e. The van der Waals surface area contributed by atoms with Crippen LogP contribution in [0.3, 0.4) is 0 Å². The zero-order valence-corrected chi connectivity index (χ0v) is 11.3. The second-order valence-corrected chi connectivity index (χ2v) is 5.45. The minimum absolute atomic E-state index is 0.360. The maximum atomic E-state index is 11.4. The van der Waals surface area contributed by atoms with Gasteiger partial charge in [0.25, 0.3) is 0 Å². The molecule has 1 aromatic heterocycles. The molecule has 1 aliphatic rings. The summed E-state index contributed by atoms with van der Waals surface area (Å²) in [6.07, 6.45) is 0. The number of fused-ring (bicyclic) bond motifs is 1. The fourth-order valence-electron chi connectivity index (χ4n) is 1.97. The van der Waals surface area contributed by atoms with E-state index in [1.807, 2.05) is 25.1 Å². The Balaban J connectivity index is 1.86. The lowest BCUT2D eigenvalue weighted by Gasteiger charge is -2.12. The number of thiazole rings is 1. The van der Waals surface area contributed by atoms with Crippen LogP contribution in [0.25, 0.3) is 10.2 Å². The first-order chi connectivity index (χ1) is 9.17. The van der Waals surface area contributed by atoms with Crippen molar-refractivity contribution in [2.75, 3.05) is 18.7 Å². The number of hydrogen-bond acceptors (Lipinski definition) is 7. The molecule has 7 heteroatoms. The van der Waals surface area contributed by atoms with Crippen molar-refractivity contribution >= 4 is 33.2 Å². The molecule has 0 spiro atoms. The molecular weight excluding hydrogens is 264 g/mol. The largest absolute Gasteiger partial charge is 0.467 e. The normalized spacial score (nSPS) is 18.2.